The number of aryl methyl sites for hydroxylation is 1. The van der Waals surface area contributed by atoms with E-state index < -0.39 is 0 Å². The van der Waals surface area contributed by atoms with E-state index in [9.17, 15) is 4.79 Å². The second-order valence-electron chi connectivity index (χ2n) is 5.13. The topological polar surface area (TPSA) is 65.7 Å². The molecule has 3 aromatic rings. The fraction of sp³-hybridized carbons (Fsp3) is 0.235. The monoisotopic (exact) mass is 311 g/mol. The van der Waals surface area contributed by atoms with Gasteiger partial charge in [-0.15, -0.1) is 0 Å². The average Bonchev–Trinajstić information content (AvgIpc) is 2.92. The molecule has 0 bridgehead atoms. The van der Waals surface area contributed by atoms with Gasteiger partial charge in [-0.25, -0.2) is 9.50 Å². The number of methoxy groups -OCH3 is 2. The van der Waals surface area contributed by atoms with Gasteiger partial charge < -0.3 is 9.47 Å². The maximum absolute atomic E-state index is 11.8. The summed E-state index contributed by atoms with van der Waals surface area (Å²) in [5, 5.41) is 4.46. The van der Waals surface area contributed by atoms with Crippen LogP contribution in [-0.4, -0.2) is 34.8 Å². The van der Waals surface area contributed by atoms with Crippen molar-refractivity contribution in [1.82, 2.24) is 14.6 Å². The van der Waals surface area contributed by atoms with E-state index in [1.807, 2.05) is 43.3 Å². The third-order valence-electron chi connectivity index (χ3n) is 3.61. The van der Waals surface area contributed by atoms with Crippen LogP contribution >= 0.6 is 0 Å². The Kier molecular flexibility index (Phi) is 3.97. The van der Waals surface area contributed by atoms with Gasteiger partial charge in [0.25, 0.3) is 0 Å². The Balaban J connectivity index is 2.17. The van der Waals surface area contributed by atoms with Gasteiger partial charge in [0.1, 0.15) is 5.75 Å². The van der Waals surface area contributed by atoms with Crippen molar-refractivity contribution in [3.8, 4) is 17.0 Å². The van der Waals surface area contributed by atoms with Crippen molar-refractivity contribution in [2.45, 2.75) is 13.3 Å². The molecular weight excluding hydrogens is 294 g/mol. The first kappa shape index (κ1) is 15.0. The van der Waals surface area contributed by atoms with Gasteiger partial charge in [-0.1, -0.05) is 0 Å². The lowest BCUT2D eigenvalue weighted by Crippen LogP contribution is -2.09. The van der Waals surface area contributed by atoms with Gasteiger partial charge >= 0.3 is 5.97 Å². The van der Waals surface area contributed by atoms with Gasteiger partial charge in [0, 0.05) is 5.56 Å². The van der Waals surface area contributed by atoms with Crippen LogP contribution < -0.4 is 4.74 Å². The number of aromatic nitrogens is 3. The molecule has 6 nitrogen and oxygen atoms in total. The highest BCUT2D eigenvalue weighted by Crippen LogP contribution is 2.26. The second kappa shape index (κ2) is 6.08. The number of ether oxygens (including phenoxy) is 2. The van der Waals surface area contributed by atoms with Crippen molar-refractivity contribution in [2.75, 3.05) is 14.2 Å². The number of nitrogens with zero attached hydrogens (tertiary/aromatic N) is 3. The number of carbonyl (C=O) groups is 1. The fourth-order valence-corrected chi connectivity index (χ4v) is 2.42. The van der Waals surface area contributed by atoms with Crippen molar-refractivity contribution < 1.29 is 14.3 Å². The van der Waals surface area contributed by atoms with Crippen LogP contribution in [0.5, 0.6) is 5.75 Å². The molecular formula is C17H17N3O3. The molecule has 118 valence electrons. The smallest absolute Gasteiger partial charge is 0.311 e. The number of hydrogen-bond donors (Lipinski definition) is 0. The summed E-state index contributed by atoms with van der Waals surface area (Å²) in [6.07, 6.45) is 0.107. The first-order valence-electron chi connectivity index (χ1n) is 7.19. The van der Waals surface area contributed by atoms with Crippen LogP contribution in [-0.2, 0) is 16.0 Å². The highest BCUT2D eigenvalue weighted by Gasteiger charge is 2.18. The molecule has 0 spiro atoms. The van der Waals surface area contributed by atoms with E-state index in [0.717, 1.165) is 22.7 Å². The molecule has 6 heteroatoms. The minimum absolute atomic E-state index is 0.107. The predicted octanol–water partition coefficient (Wildman–Crippen LogP) is 2.43. The summed E-state index contributed by atoms with van der Waals surface area (Å²) in [6, 6.07) is 11.3. The number of esters is 1. The van der Waals surface area contributed by atoms with E-state index in [1.165, 1.54) is 7.11 Å². The second-order valence-corrected chi connectivity index (χ2v) is 5.13. The molecule has 0 N–H and O–H groups in total. The first-order chi connectivity index (χ1) is 11.1. The number of rotatable bonds is 4. The zero-order valence-electron chi connectivity index (χ0n) is 13.2. The Bertz CT molecular complexity index is 853. The first-order valence-corrected chi connectivity index (χ1v) is 7.19. The van der Waals surface area contributed by atoms with Gasteiger partial charge in [-0.2, -0.15) is 5.10 Å². The van der Waals surface area contributed by atoms with Crippen LogP contribution in [0.4, 0.5) is 0 Å². The van der Waals surface area contributed by atoms with Gasteiger partial charge in [0.15, 0.2) is 5.65 Å². The van der Waals surface area contributed by atoms with E-state index in [2.05, 4.69) is 10.1 Å². The zero-order valence-corrected chi connectivity index (χ0v) is 13.2. The van der Waals surface area contributed by atoms with Gasteiger partial charge in [-0.3, -0.25) is 4.79 Å². The highest BCUT2D eigenvalue weighted by atomic mass is 16.5. The minimum atomic E-state index is -0.329. The lowest BCUT2D eigenvalue weighted by atomic mass is 10.1. The summed E-state index contributed by atoms with van der Waals surface area (Å²) in [6.45, 7) is 1.90. The molecule has 0 atom stereocenters. The molecule has 0 unspecified atom stereocenters. The Labute approximate surface area is 133 Å². The molecule has 0 fully saturated rings. The minimum Gasteiger partial charge on any atom is -0.497 e. The van der Waals surface area contributed by atoms with E-state index in [-0.39, 0.29) is 12.4 Å². The predicted molar refractivity (Wildman–Crippen MR) is 85.4 cm³/mol. The molecule has 0 aliphatic heterocycles. The van der Waals surface area contributed by atoms with E-state index in [4.69, 9.17) is 9.47 Å². The normalized spacial score (nSPS) is 10.7. The lowest BCUT2D eigenvalue weighted by molar-refractivity contribution is -0.139. The Hall–Kier alpha value is -2.89. The summed E-state index contributed by atoms with van der Waals surface area (Å²) < 4.78 is 11.7. The van der Waals surface area contributed by atoms with Gasteiger partial charge in [-0.05, 0) is 43.3 Å². The van der Waals surface area contributed by atoms with Crippen LogP contribution in [0.25, 0.3) is 16.9 Å². The standard InChI is InChI=1S/C17H17N3O3/c1-11-4-9-15-18-17(12-5-7-13(22-2)8-6-12)14(20(15)19-11)10-16(21)23-3/h4-9H,10H2,1-3H3. The molecule has 0 amide bonds. The SMILES string of the molecule is COC(=O)Cc1c(-c2ccc(OC)cc2)nc2ccc(C)nn12. The molecule has 2 heterocycles. The summed E-state index contributed by atoms with van der Waals surface area (Å²) in [4.78, 5) is 16.4. The summed E-state index contributed by atoms with van der Waals surface area (Å²) in [5.74, 6) is 0.436. The average molecular weight is 311 g/mol. The molecule has 0 saturated carbocycles. The molecule has 3 rings (SSSR count). The number of carbonyl (C=O) groups excluding carboxylic acids is 1. The van der Waals surface area contributed by atoms with E-state index in [1.54, 1.807) is 11.6 Å². The third kappa shape index (κ3) is 2.88. The summed E-state index contributed by atoms with van der Waals surface area (Å²) >= 11 is 0. The van der Waals surface area contributed by atoms with Crippen molar-refractivity contribution in [3.63, 3.8) is 0 Å². The van der Waals surface area contributed by atoms with Crippen LogP contribution in [0.1, 0.15) is 11.4 Å². The molecule has 0 aliphatic carbocycles. The molecule has 0 saturated heterocycles. The quantitative estimate of drug-likeness (QED) is 0.692. The van der Waals surface area contributed by atoms with Gasteiger partial charge in [0.05, 0.1) is 37.7 Å². The van der Waals surface area contributed by atoms with Crippen LogP contribution in [0.15, 0.2) is 36.4 Å². The maximum Gasteiger partial charge on any atom is 0.311 e. The van der Waals surface area contributed by atoms with Crippen LogP contribution in [0, 0.1) is 6.92 Å². The highest BCUT2D eigenvalue weighted by molar-refractivity contribution is 5.77. The molecule has 2 aromatic heterocycles. The maximum atomic E-state index is 11.8. The van der Waals surface area contributed by atoms with Gasteiger partial charge in [0.2, 0.25) is 0 Å². The van der Waals surface area contributed by atoms with Crippen molar-refractivity contribution in [1.29, 1.82) is 0 Å². The number of imidazole rings is 1. The number of benzene rings is 1. The van der Waals surface area contributed by atoms with Crippen molar-refractivity contribution in [3.05, 3.63) is 47.8 Å². The van der Waals surface area contributed by atoms with Crippen LogP contribution in [0.2, 0.25) is 0 Å². The molecule has 0 aliphatic rings. The van der Waals surface area contributed by atoms with Crippen molar-refractivity contribution >= 4 is 11.6 Å². The summed E-state index contributed by atoms with van der Waals surface area (Å²) in [5.41, 5.74) is 3.87. The largest absolute Gasteiger partial charge is 0.497 e. The van der Waals surface area contributed by atoms with E-state index >= 15 is 0 Å². The number of fused-ring (bicyclic) bond motifs is 1. The Morgan fingerprint density at radius 3 is 2.52 bits per heavy atom. The lowest BCUT2D eigenvalue weighted by Gasteiger charge is -2.05. The summed E-state index contributed by atoms with van der Waals surface area (Å²) in [7, 11) is 2.99. The van der Waals surface area contributed by atoms with Crippen LogP contribution in [0.3, 0.4) is 0 Å². The Morgan fingerprint density at radius 1 is 1.13 bits per heavy atom. The zero-order chi connectivity index (χ0) is 16.4. The fourth-order valence-electron chi connectivity index (χ4n) is 2.42. The number of hydrogen-bond acceptors (Lipinski definition) is 5. The molecule has 1 aromatic carbocycles. The Morgan fingerprint density at radius 2 is 1.87 bits per heavy atom. The van der Waals surface area contributed by atoms with E-state index in [0.29, 0.717) is 11.3 Å². The molecule has 0 radical (unpaired) electrons. The van der Waals surface area contributed by atoms with Crippen molar-refractivity contribution in [2.24, 2.45) is 0 Å². The third-order valence-corrected chi connectivity index (χ3v) is 3.61. The molecule has 23 heavy (non-hydrogen) atoms.